The fourth-order valence-electron chi connectivity index (χ4n) is 8.94. The average Bonchev–Trinajstić information content (AvgIpc) is 0.902. The molecular formula is C87H86O35. The SMILES string of the molecule is O.O=C(OCCO)c1ccc(C(=O)OCCO)cc1.O=C(OCCO)c1ccc(C(=O)OCCOC(=O)c2ccc(C(=O)OCCO)cc2)cc1.O=C(OCCOC(=O)c1ccc(C(=O)OCCOC(=O)c2ccc(C(=O)OCCOC(=O)c3ccccc3)cc2)cc1)c1ccccc1.O=C(OCOC(=O)c1ccccc1)c1ccccc1.OCCO. The van der Waals surface area contributed by atoms with Crippen LogP contribution in [0.15, 0.2) is 243 Å². The standard InChI is InChI=1S/C36H30O12.C22H22O10.C15H12O4.C12H14O6.C2H6O2.H2O/c37-31(25-7-3-1-4-8-25)43-19-21-45-33(39)27-11-15-29(16-12-27)35(41)47-23-24-48-36(42)30-17-13-28(14-18-30)34(40)46-22-20-44-32(38)26-9-5-2-6-10-26;23-9-11-29-19(25)15-1-5-17(6-2-15)21(27)31-13-14-32-22(28)18-7-3-16(4-8-18)20(26)30-12-10-24;16-14(12-7-3-1-4-8-12)18-11-19-15(17)13-9-5-2-6-10-13;13-5-7-17-11(15)9-1-2-10(4-3-9)12(16)18-8-6-14;3-1-2-4;/h1-18H,19-24H2;1-8,23-24H,9-14H2;1-10H,11H2;1-4,13-14H,5-8H2;3-4H,1-2H2;1H2. The van der Waals surface area contributed by atoms with Crippen LogP contribution in [-0.2, 0) is 66.3 Å². The Hall–Kier alpha value is -14.7. The van der Waals surface area contributed by atoms with Crippen molar-refractivity contribution in [3.8, 4) is 0 Å². The van der Waals surface area contributed by atoms with Crippen molar-refractivity contribution in [1.82, 2.24) is 0 Å². The van der Waals surface area contributed by atoms with Gasteiger partial charge in [-0.3, -0.25) is 0 Å². The average molecular weight is 1690 g/mol. The minimum Gasteiger partial charge on any atom is -0.460 e. The number of aliphatic hydroxyl groups is 6. The van der Waals surface area contributed by atoms with Gasteiger partial charge in [0.25, 0.3) is 0 Å². The maximum Gasteiger partial charge on any atom is 0.340 e. The smallest absolute Gasteiger partial charge is 0.340 e. The van der Waals surface area contributed by atoms with Crippen LogP contribution < -0.4 is 0 Å². The van der Waals surface area contributed by atoms with Gasteiger partial charge >= 0.3 is 83.6 Å². The Morgan fingerprint density at radius 2 is 0.254 bits per heavy atom. The van der Waals surface area contributed by atoms with Crippen LogP contribution in [0.25, 0.3) is 0 Å². The molecule has 0 saturated heterocycles. The van der Waals surface area contributed by atoms with E-state index in [9.17, 15) is 67.1 Å². The number of carbonyl (C=O) groups is 14. The fraction of sp³-hybridized carbons (Fsp3) is 0.218. The lowest BCUT2D eigenvalue weighted by atomic mass is 10.1. The first-order valence-corrected chi connectivity index (χ1v) is 36.4. The van der Waals surface area contributed by atoms with Gasteiger partial charge in [0, 0.05) is 0 Å². The molecule has 0 radical (unpaired) electrons. The second kappa shape index (κ2) is 58.2. The van der Waals surface area contributed by atoms with Crippen molar-refractivity contribution in [2.45, 2.75) is 0 Å². The Bertz CT molecular complexity index is 4420. The monoisotopic (exact) mass is 1690 g/mol. The third-order valence-electron chi connectivity index (χ3n) is 14.8. The molecule has 644 valence electrons. The van der Waals surface area contributed by atoms with Crippen molar-refractivity contribution in [1.29, 1.82) is 0 Å². The molecular weight excluding hydrogens is 1600 g/mol. The predicted molar refractivity (Wildman–Crippen MR) is 423 cm³/mol. The minimum absolute atomic E-state index is 0. The summed E-state index contributed by atoms with van der Waals surface area (Å²) in [6.07, 6.45) is 0. The molecule has 0 aliphatic carbocycles. The van der Waals surface area contributed by atoms with E-state index in [2.05, 4.69) is 0 Å². The highest BCUT2D eigenvalue weighted by atomic mass is 16.7. The summed E-state index contributed by atoms with van der Waals surface area (Å²) in [5.41, 5.74) is 3.66. The molecule has 0 aromatic heterocycles. The van der Waals surface area contributed by atoms with E-state index in [1.54, 1.807) is 121 Å². The molecule has 0 amide bonds. The quantitative estimate of drug-likeness (QED) is 0.0104. The number of carbonyl (C=O) groups excluding carboxylic acids is 14. The van der Waals surface area contributed by atoms with E-state index in [4.69, 9.17) is 97.0 Å². The molecule has 9 rings (SSSR count). The first kappa shape index (κ1) is 99.6. The molecule has 9 aromatic rings. The Morgan fingerprint density at radius 3 is 0.369 bits per heavy atom. The van der Waals surface area contributed by atoms with Gasteiger partial charge in [0.15, 0.2) is 0 Å². The van der Waals surface area contributed by atoms with Crippen molar-refractivity contribution < 1.29 is 170 Å². The Balaban J connectivity index is 0.000000362. The van der Waals surface area contributed by atoms with Gasteiger partial charge in [-0.2, -0.15) is 0 Å². The molecule has 0 heterocycles. The van der Waals surface area contributed by atoms with Crippen molar-refractivity contribution in [3.63, 3.8) is 0 Å². The highest BCUT2D eigenvalue weighted by Crippen LogP contribution is 2.15. The Kier molecular flexibility index (Phi) is 47.5. The van der Waals surface area contributed by atoms with Gasteiger partial charge in [0.05, 0.1) is 118 Å². The first-order valence-electron chi connectivity index (χ1n) is 36.4. The van der Waals surface area contributed by atoms with Gasteiger partial charge in [-0.25, -0.2) is 67.1 Å². The maximum atomic E-state index is 12.3. The van der Waals surface area contributed by atoms with Crippen molar-refractivity contribution >= 4 is 83.6 Å². The summed E-state index contributed by atoms with van der Waals surface area (Å²) in [6.45, 7) is -3.44. The highest BCUT2D eigenvalue weighted by molar-refractivity contribution is 5.98. The van der Waals surface area contributed by atoms with Gasteiger partial charge in [0.2, 0.25) is 6.79 Å². The molecule has 122 heavy (non-hydrogen) atoms. The largest absolute Gasteiger partial charge is 0.460 e. The van der Waals surface area contributed by atoms with E-state index in [-0.39, 0.29) is 180 Å². The molecule has 0 spiro atoms. The summed E-state index contributed by atoms with van der Waals surface area (Å²) in [4.78, 5) is 166. The maximum absolute atomic E-state index is 12.3. The second-order valence-electron chi connectivity index (χ2n) is 23.3. The Labute approximate surface area is 696 Å². The van der Waals surface area contributed by atoms with Crippen LogP contribution in [0.4, 0.5) is 0 Å². The van der Waals surface area contributed by atoms with Crippen LogP contribution in [0.2, 0.25) is 0 Å². The third kappa shape index (κ3) is 37.7. The van der Waals surface area contributed by atoms with Crippen LogP contribution >= 0.6 is 0 Å². The van der Waals surface area contributed by atoms with E-state index < -0.39 is 90.4 Å². The molecule has 0 fully saturated rings. The van der Waals surface area contributed by atoms with E-state index in [0.717, 1.165) is 0 Å². The number of ether oxygens (including phenoxy) is 14. The van der Waals surface area contributed by atoms with Crippen molar-refractivity contribution in [3.05, 3.63) is 321 Å². The number of aliphatic hydroxyl groups excluding tert-OH is 6. The number of esters is 14. The lowest BCUT2D eigenvalue weighted by Gasteiger charge is -2.09. The highest BCUT2D eigenvalue weighted by Gasteiger charge is 2.19. The first-order chi connectivity index (χ1) is 58.6. The Morgan fingerprint density at radius 1 is 0.148 bits per heavy atom. The molecule has 35 heteroatoms. The molecule has 0 aliphatic rings. The van der Waals surface area contributed by atoms with Gasteiger partial charge in [-0.1, -0.05) is 72.8 Å². The second-order valence-corrected chi connectivity index (χ2v) is 23.3. The zero-order valence-corrected chi connectivity index (χ0v) is 65.1. The van der Waals surface area contributed by atoms with Crippen molar-refractivity contribution in [2.75, 3.05) is 126 Å². The van der Waals surface area contributed by atoms with Crippen LogP contribution in [-0.4, -0.2) is 245 Å². The van der Waals surface area contributed by atoms with E-state index in [1.807, 2.05) is 0 Å². The predicted octanol–water partition coefficient (Wildman–Crippen LogP) is 6.52. The molecule has 9 aromatic carbocycles. The fourth-order valence-corrected chi connectivity index (χ4v) is 8.94. The van der Waals surface area contributed by atoms with Gasteiger partial charge in [0.1, 0.15) is 79.3 Å². The third-order valence-corrected chi connectivity index (χ3v) is 14.8. The summed E-state index contributed by atoms with van der Waals surface area (Å²) in [6, 6.07) is 61.7. The topological polar surface area (TPSA) is 521 Å². The van der Waals surface area contributed by atoms with Gasteiger partial charge in [-0.05, 0) is 170 Å². The van der Waals surface area contributed by atoms with E-state index >= 15 is 0 Å². The molecule has 0 unspecified atom stereocenters. The number of hydrogen-bond donors (Lipinski definition) is 6. The molecule has 0 atom stereocenters. The normalized spacial score (nSPS) is 9.92. The van der Waals surface area contributed by atoms with Crippen LogP contribution in [0, 0.1) is 0 Å². The zero-order valence-electron chi connectivity index (χ0n) is 65.1. The number of rotatable bonds is 37. The molecule has 0 aliphatic heterocycles. The van der Waals surface area contributed by atoms with Gasteiger partial charge < -0.3 is 102 Å². The number of benzene rings is 9. The van der Waals surface area contributed by atoms with Crippen LogP contribution in [0.1, 0.15) is 145 Å². The molecule has 8 N–H and O–H groups in total. The lowest BCUT2D eigenvalue weighted by molar-refractivity contribution is -0.0169. The van der Waals surface area contributed by atoms with E-state index in [0.29, 0.717) is 22.3 Å². The molecule has 35 nitrogen and oxygen atoms in total. The minimum atomic E-state index is -0.698. The zero-order chi connectivity index (χ0) is 87.8. The number of hydrogen-bond acceptors (Lipinski definition) is 34. The summed E-state index contributed by atoms with van der Waals surface area (Å²) < 4.78 is 69.2. The summed E-state index contributed by atoms with van der Waals surface area (Å²) in [5, 5.41) is 49.5. The van der Waals surface area contributed by atoms with Crippen LogP contribution in [0.5, 0.6) is 0 Å². The lowest BCUT2D eigenvalue weighted by Crippen LogP contribution is -2.15. The summed E-state index contributed by atoms with van der Waals surface area (Å²) in [5.74, 6) is -8.55. The van der Waals surface area contributed by atoms with Crippen molar-refractivity contribution in [2.24, 2.45) is 0 Å². The van der Waals surface area contributed by atoms with Crippen LogP contribution in [0.3, 0.4) is 0 Å². The van der Waals surface area contributed by atoms with Gasteiger partial charge in [-0.15, -0.1) is 0 Å². The summed E-state index contributed by atoms with van der Waals surface area (Å²) in [7, 11) is 0. The van der Waals surface area contributed by atoms with E-state index in [1.165, 1.54) is 121 Å². The summed E-state index contributed by atoms with van der Waals surface area (Å²) >= 11 is 0. The molecule has 0 saturated carbocycles. The molecule has 0 bridgehead atoms.